The molecular formula is C14H13N5S. The summed E-state index contributed by atoms with van der Waals surface area (Å²) in [6.07, 6.45) is 4.63. The van der Waals surface area contributed by atoms with E-state index in [0.29, 0.717) is 5.92 Å². The van der Waals surface area contributed by atoms with Crippen molar-refractivity contribution in [1.82, 2.24) is 20.2 Å². The number of nitrogens with zero attached hydrogens (tertiary/aromatic N) is 3. The van der Waals surface area contributed by atoms with E-state index in [1.165, 1.54) is 10.6 Å². The molecule has 3 heterocycles. The zero-order valence-electron chi connectivity index (χ0n) is 10.9. The zero-order chi connectivity index (χ0) is 13.5. The summed E-state index contributed by atoms with van der Waals surface area (Å²) in [5.74, 6) is 1.29. The van der Waals surface area contributed by atoms with Crippen molar-refractivity contribution in [3.8, 4) is 11.3 Å². The summed E-state index contributed by atoms with van der Waals surface area (Å²) in [5, 5.41) is 11.4. The second kappa shape index (κ2) is 4.42. The second-order valence-corrected chi connectivity index (χ2v) is 5.97. The van der Waals surface area contributed by atoms with Crippen LogP contribution in [0.15, 0.2) is 30.6 Å². The normalized spacial score (nSPS) is 16.6. The van der Waals surface area contributed by atoms with E-state index in [4.69, 9.17) is 4.98 Å². The Balaban J connectivity index is 1.74. The van der Waals surface area contributed by atoms with Gasteiger partial charge in [0.05, 0.1) is 11.9 Å². The average molecular weight is 283 g/mol. The number of thiazole rings is 1. The first-order valence-electron chi connectivity index (χ1n) is 6.52. The molecule has 0 radical (unpaired) electrons. The molecule has 0 bridgehead atoms. The summed E-state index contributed by atoms with van der Waals surface area (Å²) in [5.41, 5.74) is 3.36. The molecule has 3 aromatic heterocycles. The van der Waals surface area contributed by atoms with Crippen LogP contribution >= 0.6 is 11.3 Å². The second-order valence-electron chi connectivity index (χ2n) is 4.94. The van der Waals surface area contributed by atoms with Crippen LogP contribution in [0.2, 0.25) is 0 Å². The zero-order valence-corrected chi connectivity index (χ0v) is 11.7. The minimum absolute atomic E-state index is 0.467. The molecule has 0 aliphatic heterocycles. The van der Waals surface area contributed by atoms with Gasteiger partial charge in [0.1, 0.15) is 5.82 Å². The highest BCUT2D eigenvalue weighted by Gasteiger charge is 2.27. The Morgan fingerprint density at radius 2 is 2.35 bits per heavy atom. The summed E-state index contributed by atoms with van der Waals surface area (Å²) in [6.45, 7) is 2.23. The molecular weight excluding hydrogens is 270 g/mol. The average Bonchev–Trinajstić information content (AvgIpc) is 3.06. The van der Waals surface area contributed by atoms with Crippen LogP contribution in [-0.4, -0.2) is 20.2 Å². The third kappa shape index (κ3) is 1.80. The van der Waals surface area contributed by atoms with Gasteiger partial charge in [0.2, 0.25) is 0 Å². The molecule has 0 amide bonds. The molecule has 0 fully saturated rings. The van der Waals surface area contributed by atoms with E-state index in [0.717, 1.165) is 28.6 Å². The van der Waals surface area contributed by atoms with Gasteiger partial charge >= 0.3 is 0 Å². The van der Waals surface area contributed by atoms with Crippen LogP contribution < -0.4 is 5.32 Å². The molecule has 0 saturated carbocycles. The van der Waals surface area contributed by atoms with Crippen molar-refractivity contribution in [2.75, 3.05) is 5.32 Å². The van der Waals surface area contributed by atoms with E-state index >= 15 is 0 Å². The Bertz CT molecular complexity index is 746. The number of aromatic amines is 1. The van der Waals surface area contributed by atoms with Gasteiger partial charge in [-0.3, -0.25) is 5.10 Å². The van der Waals surface area contributed by atoms with Crippen molar-refractivity contribution in [3.05, 3.63) is 41.2 Å². The third-order valence-electron chi connectivity index (χ3n) is 3.48. The lowest BCUT2D eigenvalue weighted by atomic mass is 9.92. The molecule has 0 spiro atoms. The molecule has 5 nitrogen and oxygen atoms in total. The molecule has 2 N–H and O–H groups in total. The number of rotatable bonds is 2. The first kappa shape index (κ1) is 11.6. The summed E-state index contributed by atoms with van der Waals surface area (Å²) in [7, 11) is 0. The molecule has 3 aromatic rings. The number of fused-ring (bicyclic) bond motifs is 3. The summed E-state index contributed by atoms with van der Waals surface area (Å²) >= 11 is 1.70. The fourth-order valence-electron chi connectivity index (χ4n) is 2.53. The smallest absolute Gasteiger partial charge is 0.189 e. The van der Waals surface area contributed by atoms with Crippen molar-refractivity contribution in [2.24, 2.45) is 0 Å². The van der Waals surface area contributed by atoms with Gasteiger partial charge in [0, 0.05) is 22.3 Å². The van der Waals surface area contributed by atoms with Crippen LogP contribution in [0.25, 0.3) is 11.3 Å². The first-order valence-corrected chi connectivity index (χ1v) is 7.34. The highest BCUT2D eigenvalue weighted by Crippen LogP contribution is 2.43. The Kier molecular flexibility index (Phi) is 2.56. The van der Waals surface area contributed by atoms with E-state index in [1.807, 2.05) is 24.4 Å². The van der Waals surface area contributed by atoms with Gasteiger partial charge in [0.15, 0.2) is 5.13 Å². The standard InChI is InChI=1S/C14H13N5S/c1-8-6-10-9(7-16-19-10)12-13(8)20-14(18-12)17-11-4-2-3-5-15-11/h2-5,7-8H,6H2,1H3,(H,16,19)(H,15,17,18). The Morgan fingerprint density at radius 1 is 1.40 bits per heavy atom. The van der Waals surface area contributed by atoms with Gasteiger partial charge in [-0.1, -0.05) is 13.0 Å². The number of hydrogen-bond acceptors (Lipinski definition) is 5. The number of H-pyrrole nitrogens is 1. The van der Waals surface area contributed by atoms with Crippen LogP contribution in [0.5, 0.6) is 0 Å². The molecule has 0 aromatic carbocycles. The molecule has 4 rings (SSSR count). The van der Waals surface area contributed by atoms with E-state index in [2.05, 4.69) is 27.4 Å². The number of anilines is 2. The lowest BCUT2D eigenvalue weighted by molar-refractivity contribution is 0.739. The van der Waals surface area contributed by atoms with E-state index in [1.54, 1.807) is 17.5 Å². The predicted octanol–water partition coefficient (Wildman–Crippen LogP) is 3.33. The Labute approximate surface area is 120 Å². The van der Waals surface area contributed by atoms with E-state index in [-0.39, 0.29) is 0 Å². The van der Waals surface area contributed by atoms with Crippen molar-refractivity contribution in [3.63, 3.8) is 0 Å². The molecule has 20 heavy (non-hydrogen) atoms. The Hall–Kier alpha value is -2.21. The number of nitrogens with one attached hydrogen (secondary N) is 2. The number of hydrogen-bond donors (Lipinski definition) is 2. The minimum Gasteiger partial charge on any atom is -0.316 e. The lowest BCUT2D eigenvalue weighted by Crippen LogP contribution is -2.05. The molecule has 100 valence electrons. The summed E-state index contributed by atoms with van der Waals surface area (Å²) in [4.78, 5) is 10.3. The molecule has 1 unspecified atom stereocenters. The van der Waals surface area contributed by atoms with E-state index < -0.39 is 0 Å². The van der Waals surface area contributed by atoms with Crippen LogP contribution in [-0.2, 0) is 6.42 Å². The van der Waals surface area contributed by atoms with Crippen molar-refractivity contribution in [2.45, 2.75) is 19.3 Å². The quantitative estimate of drug-likeness (QED) is 0.757. The SMILES string of the molecule is CC1Cc2[nH]ncc2-c2nc(Nc3ccccn3)sc21. The van der Waals surface area contributed by atoms with Crippen LogP contribution in [0.1, 0.15) is 23.4 Å². The molecule has 1 atom stereocenters. The predicted molar refractivity (Wildman–Crippen MR) is 79.3 cm³/mol. The minimum atomic E-state index is 0.467. The maximum absolute atomic E-state index is 4.72. The summed E-state index contributed by atoms with van der Waals surface area (Å²) < 4.78 is 0. The fourth-order valence-corrected chi connectivity index (χ4v) is 3.57. The molecule has 6 heteroatoms. The van der Waals surface area contributed by atoms with Crippen molar-refractivity contribution < 1.29 is 0 Å². The highest BCUT2D eigenvalue weighted by atomic mass is 32.1. The highest BCUT2D eigenvalue weighted by molar-refractivity contribution is 7.16. The van der Waals surface area contributed by atoms with Gasteiger partial charge in [-0.25, -0.2) is 9.97 Å². The van der Waals surface area contributed by atoms with Crippen LogP contribution in [0, 0.1) is 0 Å². The molecule has 0 saturated heterocycles. The van der Waals surface area contributed by atoms with Gasteiger partial charge < -0.3 is 5.32 Å². The van der Waals surface area contributed by atoms with E-state index in [9.17, 15) is 0 Å². The summed E-state index contributed by atoms with van der Waals surface area (Å²) in [6, 6.07) is 5.80. The number of pyridine rings is 1. The van der Waals surface area contributed by atoms with Gasteiger partial charge in [0.25, 0.3) is 0 Å². The van der Waals surface area contributed by atoms with Crippen LogP contribution in [0.4, 0.5) is 10.9 Å². The van der Waals surface area contributed by atoms with Gasteiger partial charge in [-0.15, -0.1) is 11.3 Å². The largest absolute Gasteiger partial charge is 0.316 e. The monoisotopic (exact) mass is 283 g/mol. The lowest BCUT2D eigenvalue weighted by Gasteiger charge is -2.16. The molecule has 1 aliphatic rings. The third-order valence-corrected chi connectivity index (χ3v) is 4.69. The van der Waals surface area contributed by atoms with Crippen LogP contribution in [0.3, 0.4) is 0 Å². The topological polar surface area (TPSA) is 66.5 Å². The molecule has 1 aliphatic carbocycles. The fraction of sp³-hybridized carbons (Fsp3) is 0.214. The maximum Gasteiger partial charge on any atom is 0.189 e. The van der Waals surface area contributed by atoms with Gasteiger partial charge in [-0.05, 0) is 24.5 Å². The maximum atomic E-state index is 4.72. The van der Waals surface area contributed by atoms with Crippen molar-refractivity contribution >= 4 is 22.3 Å². The number of aromatic nitrogens is 4. The first-order chi connectivity index (χ1) is 9.81. The van der Waals surface area contributed by atoms with Crippen molar-refractivity contribution in [1.29, 1.82) is 0 Å². The van der Waals surface area contributed by atoms with Gasteiger partial charge in [-0.2, -0.15) is 5.10 Å². The Morgan fingerprint density at radius 3 is 3.20 bits per heavy atom.